The van der Waals surface area contributed by atoms with Gasteiger partial charge in [-0.3, -0.25) is 4.99 Å². The molecular weight excluding hydrogens is 110 g/mol. The highest BCUT2D eigenvalue weighted by molar-refractivity contribution is 5.71. The van der Waals surface area contributed by atoms with Crippen LogP contribution >= 0.6 is 0 Å². The van der Waals surface area contributed by atoms with Gasteiger partial charge < -0.3 is 0 Å². The molecule has 1 nitrogen and oxygen atoms in total. The molecule has 0 spiro atoms. The Bertz CT molecular complexity index is 153. The Balaban J connectivity index is 2.60. The van der Waals surface area contributed by atoms with Crippen LogP contribution in [0, 0.1) is 0 Å². The van der Waals surface area contributed by atoms with Crippen molar-refractivity contribution < 1.29 is 0 Å². The first-order chi connectivity index (χ1) is 4.50. The molecule has 1 aliphatic rings. The quantitative estimate of drug-likeness (QED) is 0.460. The van der Waals surface area contributed by atoms with Gasteiger partial charge in [-0.25, -0.2) is 0 Å². The summed E-state index contributed by atoms with van der Waals surface area (Å²) in [5.41, 5.74) is 0. The molecule has 0 aromatic heterocycles. The fourth-order valence-corrected chi connectivity index (χ4v) is 0.564. The molecule has 1 rings (SSSR count). The zero-order chi connectivity index (χ0) is 6.36. The van der Waals surface area contributed by atoms with Gasteiger partial charge in [-0.1, -0.05) is 30.4 Å². The van der Waals surface area contributed by atoms with Gasteiger partial charge in [0.25, 0.3) is 0 Å². The molecule has 0 bridgehead atoms. The van der Waals surface area contributed by atoms with E-state index in [9.17, 15) is 0 Å². The van der Waals surface area contributed by atoms with Gasteiger partial charge in [-0.05, 0) is 6.08 Å². The average molecular weight is 119 g/mol. The van der Waals surface area contributed by atoms with Crippen LogP contribution in [0.3, 0.4) is 0 Å². The maximum absolute atomic E-state index is 4.05. The first-order valence-electron chi connectivity index (χ1n) is 2.98. The van der Waals surface area contributed by atoms with E-state index in [0.29, 0.717) is 0 Å². The lowest BCUT2D eigenvalue weighted by Gasteiger charge is -1.75. The Hall–Kier alpha value is -1.11. The number of hydrogen-bond acceptors (Lipinski definition) is 1. The number of nitrogens with zero attached hydrogens (tertiary/aromatic N) is 1. The maximum Gasteiger partial charge on any atom is 0.0573 e. The standard InChI is InChI=1S/C8H9N/c1-2-4-6-8-9-7-5-3-1/h1-7H,8H2. The summed E-state index contributed by atoms with van der Waals surface area (Å²) in [7, 11) is 0. The smallest absolute Gasteiger partial charge is 0.0573 e. The second kappa shape index (κ2) is 3.84. The minimum Gasteiger partial charge on any atom is -0.289 e. The molecule has 46 valence electrons. The summed E-state index contributed by atoms with van der Waals surface area (Å²) >= 11 is 0. The van der Waals surface area contributed by atoms with Crippen molar-refractivity contribution in [3.63, 3.8) is 0 Å². The van der Waals surface area contributed by atoms with Crippen LogP contribution in [0.15, 0.2) is 41.4 Å². The van der Waals surface area contributed by atoms with Gasteiger partial charge >= 0.3 is 0 Å². The lowest BCUT2D eigenvalue weighted by molar-refractivity contribution is 1.26. The molecule has 0 unspecified atom stereocenters. The molecule has 0 aromatic rings. The van der Waals surface area contributed by atoms with Crippen molar-refractivity contribution in [1.29, 1.82) is 0 Å². The van der Waals surface area contributed by atoms with Crippen molar-refractivity contribution in [3.05, 3.63) is 36.5 Å². The molecular formula is C8H9N. The molecule has 0 aromatic carbocycles. The summed E-state index contributed by atoms with van der Waals surface area (Å²) < 4.78 is 0. The Morgan fingerprint density at radius 2 is 1.67 bits per heavy atom. The van der Waals surface area contributed by atoms with Crippen molar-refractivity contribution in [3.8, 4) is 0 Å². The predicted octanol–water partition coefficient (Wildman–Crippen LogP) is 1.74. The van der Waals surface area contributed by atoms with Crippen LogP contribution in [-0.4, -0.2) is 12.8 Å². The minimum atomic E-state index is 0.786. The monoisotopic (exact) mass is 119 g/mol. The molecule has 0 radical (unpaired) electrons. The lowest BCUT2D eigenvalue weighted by atomic mass is 10.4. The van der Waals surface area contributed by atoms with Gasteiger partial charge in [-0.2, -0.15) is 0 Å². The van der Waals surface area contributed by atoms with Crippen molar-refractivity contribution in [2.24, 2.45) is 4.99 Å². The Morgan fingerprint density at radius 3 is 2.67 bits per heavy atom. The third-order valence-electron chi connectivity index (χ3n) is 0.983. The molecule has 9 heavy (non-hydrogen) atoms. The fourth-order valence-electron chi connectivity index (χ4n) is 0.564. The number of allylic oxidation sites excluding steroid dienone is 5. The van der Waals surface area contributed by atoms with Crippen LogP contribution in [0.4, 0.5) is 0 Å². The SMILES string of the molecule is C1=CC=CCN=CC=C1. The highest BCUT2D eigenvalue weighted by Gasteiger charge is 1.70. The van der Waals surface area contributed by atoms with Crippen LogP contribution in [0.1, 0.15) is 0 Å². The van der Waals surface area contributed by atoms with Crippen LogP contribution in [0.25, 0.3) is 0 Å². The van der Waals surface area contributed by atoms with E-state index in [1.54, 1.807) is 6.21 Å². The number of hydrogen-bond donors (Lipinski definition) is 0. The van der Waals surface area contributed by atoms with E-state index >= 15 is 0 Å². The van der Waals surface area contributed by atoms with Crippen LogP contribution in [0.2, 0.25) is 0 Å². The summed E-state index contributed by atoms with van der Waals surface area (Å²) in [4.78, 5) is 4.05. The fraction of sp³-hybridized carbons (Fsp3) is 0.125. The summed E-state index contributed by atoms with van der Waals surface area (Å²) in [5.74, 6) is 0. The van der Waals surface area contributed by atoms with E-state index in [-0.39, 0.29) is 0 Å². The van der Waals surface area contributed by atoms with Gasteiger partial charge in [0.2, 0.25) is 0 Å². The van der Waals surface area contributed by atoms with Crippen LogP contribution in [0.5, 0.6) is 0 Å². The zero-order valence-electron chi connectivity index (χ0n) is 5.20. The highest BCUT2D eigenvalue weighted by Crippen LogP contribution is 1.83. The average Bonchev–Trinajstić information content (AvgIpc) is 2.00. The van der Waals surface area contributed by atoms with Crippen molar-refractivity contribution in [1.82, 2.24) is 0 Å². The molecule has 1 aliphatic heterocycles. The van der Waals surface area contributed by atoms with Crippen molar-refractivity contribution in [2.45, 2.75) is 0 Å². The minimum absolute atomic E-state index is 0.786. The molecule has 0 saturated carbocycles. The van der Waals surface area contributed by atoms with E-state index in [2.05, 4.69) is 4.99 Å². The van der Waals surface area contributed by atoms with Gasteiger partial charge in [0.1, 0.15) is 0 Å². The molecule has 0 saturated heterocycles. The van der Waals surface area contributed by atoms with Crippen LogP contribution < -0.4 is 0 Å². The van der Waals surface area contributed by atoms with E-state index < -0.39 is 0 Å². The van der Waals surface area contributed by atoms with E-state index in [0.717, 1.165) is 6.54 Å². The Morgan fingerprint density at radius 1 is 0.889 bits per heavy atom. The number of rotatable bonds is 0. The third-order valence-corrected chi connectivity index (χ3v) is 0.983. The molecule has 0 aliphatic carbocycles. The first kappa shape index (κ1) is 6.02. The molecule has 0 N–H and O–H groups in total. The maximum atomic E-state index is 4.05. The van der Waals surface area contributed by atoms with Crippen LogP contribution in [-0.2, 0) is 0 Å². The number of aliphatic imine (C=N–C) groups is 1. The second-order valence-electron chi connectivity index (χ2n) is 1.71. The van der Waals surface area contributed by atoms with Gasteiger partial charge in [0.05, 0.1) is 6.54 Å². The predicted molar refractivity (Wildman–Crippen MR) is 40.8 cm³/mol. The van der Waals surface area contributed by atoms with Crippen molar-refractivity contribution in [2.75, 3.05) is 6.54 Å². The second-order valence-corrected chi connectivity index (χ2v) is 1.71. The van der Waals surface area contributed by atoms with E-state index in [1.807, 2.05) is 36.5 Å². The Labute approximate surface area is 55.1 Å². The summed E-state index contributed by atoms with van der Waals surface area (Å²) in [5, 5.41) is 0. The topological polar surface area (TPSA) is 12.4 Å². The molecule has 1 heteroatoms. The molecule has 0 amide bonds. The normalized spacial score (nSPS) is 16.9. The molecule has 0 atom stereocenters. The Kier molecular flexibility index (Phi) is 2.57. The molecule has 0 fully saturated rings. The van der Waals surface area contributed by atoms with Gasteiger partial charge in [-0.15, -0.1) is 0 Å². The third kappa shape index (κ3) is 2.65. The summed E-state index contributed by atoms with van der Waals surface area (Å²) in [6, 6.07) is 0. The summed E-state index contributed by atoms with van der Waals surface area (Å²) in [6.07, 6.45) is 13.7. The van der Waals surface area contributed by atoms with E-state index in [1.165, 1.54) is 0 Å². The highest BCUT2D eigenvalue weighted by atomic mass is 14.7. The van der Waals surface area contributed by atoms with Gasteiger partial charge in [0.15, 0.2) is 0 Å². The van der Waals surface area contributed by atoms with E-state index in [4.69, 9.17) is 0 Å². The van der Waals surface area contributed by atoms with Crippen molar-refractivity contribution >= 4 is 6.21 Å². The first-order valence-corrected chi connectivity index (χ1v) is 2.98. The lowest BCUT2D eigenvalue weighted by Crippen LogP contribution is -1.69. The largest absolute Gasteiger partial charge is 0.289 e. The summed E-state index contributed by atoms with van der Waals surface area (Å²) in [6.45, 7) is 0.786. The van der Waals surface area contributed by atoms with Gasteiger partial charge in [0, 0.05) is 6.21 Å². The zero-order valence-corrected chi connectivity index (χ0v) is 5.20. The molecule has 1 heterocycles.